The van der Waals surface area contributed by atoms with Crippen molar-refractivity contribution in [3.8, 4) is 11.5 Å². The summed E-state index contributed by atoms with van der Waals surface area (Å²) in [7, 11) is 3.01. The van der Waals surface area contributed by atoms with Crippen LogP contribution in [-0.2, 0) is 0 Å². The van der Waals surface area contributed by atoms with Crippen molar-refractivity contribution >= 4 is 29.9 Å². The Bertz CT molecular complexity index is 824. The summed E-state index contributed by atoms with van der Waals surface area (Å²) in [5.74, 6) is 0.275. The second-order valence-corrected chi connectivity index (χ2v) is 6.24. The fourth-order valence-electron chi connectivity index (χ4n) is 3.00. The van der Waals surface area contributed by atoms with Crippen molar-refractivity contribution < 1.29 is 19.1 Å². The van der Waals surface area contributed by atoms with Crippen molar-refractivity contribution in [1.29, 1.82) is 0 Å². The van der Waals surface area contributed by atoms with Gasteiger partial charge in [-0.2, -0.15) is 0 Å². The van der Waals surface area contributed by atoms with Crippen molar-refractivity contribution in [2.75, 3.05) is 32.6 Å². The standard InChI is InChI=1S/C20H23N3O4.ClH/c1-26-17-10-15(20(25)22-14-8-9-21-12-14)16(11-18(17)27-2)23-19(24)13-6-4-3-5-7-13;/h3-7,10-11,14,21H,8-9,12H2,1-2H3,(H,22,25)(H,23,24);1H. The van der Waals surface area contributed by atoms with Crippen LogP contribution in [0.5, 0.6) is 11.5 Å². The number of carbonyl (C=O) groups excluding carboxylic acids is 2. The Morgan fingerprint density at radius 1 is 1.04 bits per heavy atom. The Labute approximate surface area is 170 Å². The first-order valence-electron chi connectivity index (χ1n) is 8.76. The maximum absolute atomic E-state index is 12.8. The highest BCUT2D eigenvalue weighted by molar-refractivity contribution is 6.09. The zero-order valence-corrected chi connectivity index (χ0v) is 16.6. The van der Waals surface area contributed by atoms with Crippen LogP contribution in [0.4, 0.5) is 5.69 Å². The fraction of sp³-hybridized carbons (Fsp3) is 0.300. The Morgan fingerprint density at radius 2 is 1.71 bits per heavy atom. The minimum Gasteiger partial charge on any atom is -0.493 e. The molecule has 28 heavy (non-hydrogen) atoms. The van der Waals surface area contributed by atoms with E-state index in [4.69, 9.17) is 9.47 Å². The van der Waals surface area contributed by atoms with Gasteiger partial charge >= 0.3 is 0 Å². The lowest BCUT2D eigenvalue weighted by Gasteiger charge is -2.17. The maximum atomic E-state index is 12.8. The van der Waals surface area contributed by atoms with E-state index < -0.39 is 0 Å². The first-order valence-corrected chi connectivity index (χ1v) is 8.76. The molecule has 2 aromatic rings. The molecule has 0 aromatic heterocycles. The van der Waals surface area contributed by atoms with E-state index in [0.717, 1.165) is 19.5 Å². The van der Waals surface area contributed by atoms with Gasteiger partial charge in [0.05, 0.1) is 25.5 Å². The molecule has 0 bridgehead atoms. The van der Waals surface area contributed by atoms with Crippen LogP contribution in [0.3, 0.4) is 0 Å². The van der Waals surface area contributed by atoms with Crippen LogP contribution in [0.2, 0.25) is 0 Å². The number of anilines is 1. The highest BCUT2D eigenvalue weighted by atomic mass is 35.5. The molecule has 1 heterocycles. The average Bonchev–Trinajstić information content (AvgIpc) is 3.21. The van der Waals surface area contributed by atoms with Crippen molar-refractivity contribution in [2.45, 2.75) is 12.5 Å². The monoisotopic (exact) mass is 405 g/mol. The topological polar surface area (TPSA) is 88.7 Å². The predicted molar refractivity (Wildman–Crippen MR) is 110 cm³/mol. The molecule has 1 atom stereocenters. The van der Waals surface area contributed by atoms with Crippen LogP contribution in [0, 0.1) is 0 Å². The maximum Gasteiger partial charge on any atom is 0.255 e. The molecule has 0 saturated carbocycles. The van der Waals surface area contributed by atoms with Crippen LogP contribution in [0.15, 0.2) is 42.5 Å². The smallest absolute Gasteiger partial charge is 0.255 e. The Kier molecular flexibility index (Phi) is 7.66. The van der Waals surface area contributed by atoms with Crippen molar-refractivity contribution in [1.82, 2.24) is 10.6 Å². The van der Waals surface area contributed by atoms with Gasteiger partial charge in [-0.05, 0) is 31.2 Å². The number of methoxy groups -OCH3 is 2. The zero-order chi connectivity index (χ0) is 19.2. The molecule has 7 nitrogen and oxygen atoms in total. The summed E-state index contributed by atoms with van der Waals surface area (Å²) in [6, 6.07) is 12.1. The summed E-state index contributed by atoms with van der Waals surface area (Å²) in [6.07, 6.45) is 0.866. The Balaban J connectivity index is 0.00000280. The van der Waals surface area contributed by atoms with E-state index in [-0.39, 0.29) is 30.3 Å². The van der Waals surface area contributed by atoms with Crippen LogP contribution in [-0.4, -0.2) is 45.2 Å². The van der Waals surface area contributed by atoms with E-state index in [2.05, 4.69) is 16.0 Å². The summed E-state index contributed by atoms with van der Waals surface area (Å²) in [4.78, 5) is 25.4. The lowest BCUT2D eigenvalue weighted by Crippen LogP contribution is -2.36. The molecule has 2 amide bonds. The van der Waals surface area contributed by atoms with Gasteiger partial charge in [-0.25, -0.2) is 0 Å². The molecule has 1 aliphatic rings. The summed E-state index contributed by atoms with van der Waals surface area (Å²) < 4.78 is 10.6. The van der Waals surface area contributed by atoms with Gasteiger partial charge in [0.15, 0.2) is 11.5 Å². The molecule has 0 aliphatic carbocycles. The highest BCUT2D eigenvalue weighted by Crippen LogP contribution is 2.33. The van der Waals surface area contributed by atoms with Gasteiger partial charge in [0.2, 0.25) is 0 Å². The lowest BCUT2D eigenvalue weighted by atomic mass is 10.1. The van der Waals surface area contributed by atoms with Crippen molar-refractivity contribution in [2.24, 2.45) is 0 Å². The quantitative estimate of drug-likeness (QED) is 0.687. The van der Waals surface area contributed by atoms with E-state index in [0.29, 0.717) is 28.3 Å². The Morgan fingerprint density at radius 3 is 2.32 bits per heavy atom. The van der Waals surface area contributed by atoms with Crippen LogP contribution in [0.25, 0.3) is 0 Å². The highest BCUT2D eigenvalue weighted by Gasteiger charge is 2.22. The molecule has 1 unspecified atom stereocenters. The number of carbonyl (C=O) groups is 2. The number of nitrogens with one attached hydrogen (secondary N) is 3. The number of halogens is 1. The molecule has 0 radical (unpaired) electrons. The van der Waals surface area contributed by atoms with E-state index in [1.807, 2.05) is 6.07 Å². The molecule has 150 valence electrons. The number of hydrogen-bond donors (Lipinski definition) is 3. The largest absolute Gasteiger partial charge is 0.493 e. The average molecular weight is 406 g/mol. The molecule has 1 saturated heterocycles. The number of benzene rings is 2. The van der Waals surface area contributed by atoms with Crippen molar-refractivity contribution in [3.63, 3.8) is 0 Å². The third-order valence-electron chi connectivity index (χ3n) is 4.45. The van der Waals surface area contributed by atoms with Crippen molar-refractivity contribution in [3.05, 3.63) is 53.6 Å². The van der Waals surface area contributed by atoms with Gasteiger partial charge in [-0.3, -0.25) is 9.59 Å². The molecule has 2 aromatic carbocycles. The summed E-state index contributed by atoms with van der Waals surface area (Å²) >= 11 is 0. The molecule has 3 N–H and O–H groups in total. The minimum atomic E-state index is -0.306. The van der Waals surface area contributed by atoms with E-state index in [1.165, 1.54) is 14.2 Å². The lowest BCUT2D eigenvalue weighted by molar-refractivity contribution is 0.0940. The van der Waals surface area contributed by atoms with E-state index in [1.54, 1.807) is 36.4 Å². The summed E-state index contributed by atoms with van der Waals surface area (Å²) in [5.41, 5.74) is 1.19. The molecular weight excluding hydrogens is 382 g/mol. The van der Waals surface area contributed by atoms with Gasteiger partial charge in [-0.15, -0.1) is 12.4 Å². The Hall–Kier alpha value is -2.77. The normalized spacial score (nSPS) is 15.3. The number of rotatable bonds is 6. The van der Waals surface area contributed by atoms with E-state index >= 15 is 0 Å². The fourth-order valence-corrected chi connectivity index (χ4v) is 3.00. The van der Waals surface area contributed by atoms with Crippen LogP contribution < -0.4 is 25.4 Å². The minimum absolute atomic E-state index is 0. The number of ether oxygens (including phenoxy) is 2. The third kappa shape index (κ3) is 4.94. The number of hydrogen-bond acceptors (Lipinski definition) is 5. The molecular formula is C20H24ClN3O4. The second-order valence-electron chi connectivity index (χ2n) is 6.24. The van der Waals surface area contributed by atoms with E-state index in [9.17, 15) is 9.59 Å². The third-order valence-corrected chi connectivity index (χ3v) is 4.45. The molecule has 0 spiro atoms. The molecule has 1 fully saturated rings. The second kappa shape index (κ2) is 9.96. The SMILES string of the molecule is COc1cc(NC(=O)c2ccccc2)c(C(=O)NC2CCNC2)cc1OC.Cl. The molecule has 8 heteroatoms. The summed E-state index contributed by atoms with van der Waals surface area (Å²) in [6.45, 7) is 1.60. The molecule has 3 rings (SSSR count). The summed E-state index contributed by atoms with van der Waals surface area (Å²) in [5, 5.41) is 9.01. The van der Waals surface area contributed by atoms with Gasteiger partial charge in [0, 0.05) is 24.2 Å². The van der Waals surface area contributed by atoms with Gasteiger partial charge in [-0.1, -0.05) is 18.2 Å². The van der Waals surface area contributed by atoms with Gasteiger partial charge in [0.25, 0.3) is 11.8 Å². The van der Waals surface area contributed by atoms with Gasteiger partial charge < -0.3 is 25.4 Å². The molecule has 1 aliphatic heterocycles. The van der Waals surface area contributed by atoms with Crippen LogP contribution >= 0.6 is 12.4 Å². The number of amides is 2. The van der Waals surface area contributed by atoms with Crippen LogP contribution in [0.1, 0.15) is 27.1 Å². The first kappa shape index (κ1) is 21.5. The zero-order valence-electron chi connectivity index (χ0n) is 15.8. The first-order chi connectivity index (χ1) is 13.1. The predicted octanol–water partition coefficient (Wildman–Crippen LogP) is 2.47. The van der Waals surface area contributed by atoms with Gasteiger partial charge in [0.1, 0.15) is 0 Å².